The lowest BCUT2D eigenvalue weighted by Gasteiger charge is -2.24. The fourth-order valence-corrected chi connectivity index (χ4v) is 4.57. The Hall–Kier alpha value is -3.65. The Morgan fingerprint density at radius 3 is 2.36 bits per heavy atom. The van der Waals surface area contributed by atoms with Crippen molar-refractivity contribution in [2.75, 3.05) is 18.0 Å². The topological polar surface area (TPSA) is 88.1 Å². The van der Waals surface area contributed by atoms with Crippen LogP contribution in [0.25, 0.3) is 0 Å². The van der Waals surface area contributed by atoms with E-state index in [2.05, 4.69) is 24.4 Å². The van der Waals surface area contributed by atoms with E-state index in [1.165, 1.54) is 18.3 Å². The number of amides is 1. The van der Waals surface area contributed by atoms with Gasteiger partial charge in [-0.3, -0.25) is 9.10 Å². The van der Waals surface area contributed by atoms with Crippen LogP contribution >= 0.6 is 0 Å². The lowest BCUT2D eigenvalue weighted by molar-refractivity contribution is -0.119. The summed E-state index contributed by atoms with van der Waals surface area (Å²) in [7, 11) is -2.40. The molecule has 0 aliphatic rings. The van der Waals surface area contributed by atoms with Gasteiger partial charge in [0.15, 0.2) is 0 Å². The lowest BCUT2D eigenvalue weighted by atomic mass is 10.0. The summed E-state index contributed by atoms with van der Waals surface area (Å²) in [6.45, 7) is 3.69. The Bertz CT molecular complexity index is 1210. The molecule has 8 heteroatoms. The number of hydrogen-bond acceptors (Lipinski definition) is 5. The van der Waals surface area contributed by atoms with Crippen LogP contribution in [0.5, 0.6) is 5.75 Å². The highest BCUT2D eigenvalue weighted by Gasteiger charge is 2.27. The Morgan fingerprint density at radius 2 is 1.73 bits per heavy atom. The molecule has 0 spiro atoms. The molecule has 0 heterocycles. The molecule has 7 nitrogen and oxygen atoms in total. The van der Waals surface area contributed by atoms with E-state index in [0.717, 1.165) is 15.4 Å². The van der Waals surface area contributed by atoms with Crippen molar-refractivity contribution in [1.82, 2.24) is 5.43 Å². The molecule has 0 atom stereocenters. The maximum Gasteiger partial charge on any atom is 0.264 e. The molecule has 0 aliphatic carbocycles. The zero-order valence-electron chi connectivity index (χ0n) is 18.8. The Labute approximate surface area is 194 Å². The van der Waals surface area contributed by atoms with Gasteiger partial charge in [-0.1, -0.05) is 56.3 Å². The molecule has 0 fully saturated rings. The first-order valence-corrected chi connectivity index (χ1v) is 11.9. The molecule has 1 amide bonds. The highest BCUT2D eigenvalue weighted by Crippen LogP contribution is 2.25. The Balaban J connectivity index is 1.83. The van der Waals surface area contributed by atoms with Crippen molar-refractivity contribution < 1.29 is 17.9 Å². The van der Waals surface area contributed by atoms with Gasteiger partial charge in [0.25, 0.3) is 15.9 Å². The average molecular weight is 466 g/mol. The minimum atomic E-state index is -3.96. The summed E-state index contributed by atoms with van der Waals surface area (Å²) in [6.07, 6.45) is 1.47. The van der Waals surface area contributed by atoms with Gasteiger partial charge in [-0.15, -0.1) is 0 Å². The minimum Gasteiger partial charge on any atom is -0.497 e. The molecule has 3 rings (SSSR count). The third-order valence-corrected chi connectivity index (χ3v) is 6.75. The predicted octanol–water partition coefficient (Wildman–Crippen LogP) is 4.16. The molecule has 0 bridgehead atoms. The number of benzene rings is 3. The van der Waals surface area contributed by atoms with E-state index < -0.39 is 22.5 Å². The van der Waals surface area contributed by atoms with Gasteiger partial charge in [0.05, 0.1) is 23.9 Å². The van der Waals surface area contributed by atoms with Crippen molar-refractivity contribution in [3.63, 3.8) is 0 Å². The molecule has 0 aliphatic heterocycles. The number of rotatable bonds is 9. The number of sulfonamides is 1. The van der Waals surface area contributed by atoms with Crippen LogP contribution in [0.4, 0.5) is 5.69 Å². The molecule has 1 N–H and O–H groups in total. The fourth-order valence-electron chi connectivity index (χ4n) is 3.13. The summed E-state index contributed by atoms with van der Waals surface area (Å²) in [5.74, 6) is 0.393. The van der Waals surface area contributed by atoms with Gasteiger partial charge in [-0.25, -0.2) is 13.8 Å². The van der Waals surface area contributed by atoms with Crippen molar-refractivity contribution in [2.24, 2.45) is 5.10 Å². The van der Waals surface area contributed by atoms with Crippen LogP contribution in [0.15, 0.2) is 88.9 Å². The van der Waals surface area contributed by atoms with Crippen LogP contribution in [0, 0.1) is 0 Å². The first-order chi connectivity index (χ1) is 15.8. The fraction of sp³-hybridized carbons (Fsp3) is 0.200. The van der Waals surface area contributed by atoms with Crippen LogP contribution in [0.2, 0.25) is 0 Å². The standard InChI is InChI=1S/C25H27N3O4S/c1-19(2)21-12-14-22(15-13-21)28(33(30,31)24-10-5-4-6-11-24)18-25(29)27-26-17-20-8-7-9-23(16-20)32-3/h4-17,19H,18H2,1-3H3,(H,27,29)/b26-17-. The highest BCUT2D eigenvalue weighted by atomic mass is 32.2. The second-order valence-corrected chi connectivity index (χ2v) is 9.50. The van der Waals surface area contributed by atoms with E-state index in [1.807, 2.05) is 12.1 Å². The van der Waals surface area contributed by atoms with Gasteiger partial charge in [-0.05, 0) is 53.4 Å². The summed E-state index contributed by atoms with van der Waals surface area (Å²) in [4.78, 5) is 12.7. The zero-order chi connectivity index (χ0) is 23.8. The normalized spacial score (nSPS) is 11.5. The van der Waals surface area contributed by atoms with Gasteiger partial charge in [0.2, 0.25) is 0 Å². The molecular weight excluding hydrogens is 438 g/mol. The Kier molecular flexibility index (Phi) is 7.84. The quantitative estimate of drug-likeness (QED) is 0.380. The van der Waals surface area contributed by atoms with Crippen molar-refractivity contribution in [3.8, 4) is 5.75 Å². The van der Waals surface area contributed by atoms with Crippen LogP contribution in [-0.4, -0.2) is 34.2 Å². The van der Waals surface area contributed by atoms with Gasteiger partial charge >= 0.3 is 0 Å². The van der Waals surface area contributed by atoms with Crippen LogP contribution in [-0.2, 0) is 14.8 Å². The van der Waals surface area contributed by atoms with E-state index in [9.17, 15) is 13.2 Å². The summed E-state index contributed by atoms with van der Waals surface area (Å²) in [5, 5.41) is 3.95. The van der Waals surface area contributed by atoms with Gasteiger partial charge in [0.1, 0.15) is 12.3 Å². The first kappa shape index (κ1) is 24.0. The van der Waals surface area contributed by atoms with Gasteiger partial charge in [0, 0.05) is 0 Å². The van der Waals surface area contributed by atoms with E-state index in [-0.39, 0.29) is 4.90 Å². The number of ether oxygens (including phenoxy) is 1. The van der Waals surface area contributed by atoms with Crippen LogP contribution < -0.4 is 14.5 Å². The molecular formula is C25H27N3O4S. The molecule has 0 saturated carbocycles. The van der Waals surface area contributed by atoms with E-state index >= 15 is 0 Å². The van der Waals surface area contributed by atoms with Crippen molar-refractivity contribution in [2.45, 2.75) is 24.7 Å². The monoisotopic (exact) mass is 465 g/mol. The van der Waals surface area contributed by atoms with E-state index in [4.69, 9.17) is 4.74 Å². The number of hydrazone groups is 1. The predicted molar refractivity (Wildman–Crippen MR) is 130 cm³/mol. The number of hydrogen-bond donors (Lipinski definition) is 1. The van der Waals surface area contributed by atoms with Crippen molar-refractivity contribution in [1.29, 1.82) is 0 Å². The third-order valence-electron chi connectivity index (χ3n) is 4.96. The molecule has 0 unspecified atom stereocenters. The number of carbonyl (C=O) groups is 1. The smallest absolute Gasteiger partial charge is 0.264 e. The molecule has 0 saturated heterocycles. The minimum absolute atomic E-state index is 0.102. The number of anilines is 1. The SMILES string of the molecule is COc1cccc(/C=N\NC(=O)CN(c2ccc(C(C)C)cc2)S(=O)(=O)c2ccccc2)c1. The number of nitrogens with one attached hydrogen (secondary N) is 1. The molecule has 0 aromatic heterocycles. The summed E-state index contributed by atoms with van der Waals surface area (Å²) in [6, 6.07) is 22.4. The second-order valence-electron chi connectivity index (χ2n) is 7.64. The Morgan fingerprint density at radius 1 is 1.03 bits per heavy atom. The van der Waals surface area contributed by atoms with E-state index in [0.29, 0.717) is 17.4 Å². The van der Waals surface area contributed by atoms with E-state index in [1.54, 1.807) is 61.7 Å². The lowest BCUT2D eigenvalue weighted by Crippen LogP contribution is -2.39. The molecule has 33 heavy (non-hydrogen) atoms. The molecule has 3 aromatic rings. The number of methoxy groups -OCH3 is 1. The maximum atomic E-state index is 13.3. The van der Waals surface area contributed by atoms with Crippen molar-refractivity contribution in [3.05, 3.63) is 90.0 Å². The molecule has 3 aromatic carbocycles. The van der Waals surface area contributed by atoms with Gasteiger partial charge in [-0.2, -0.15) is 5.10 Å². The highest BCUT2D eigenvalue weighted by molar-refractivity contribution is 7.92. The number of nitrogens with zero attached hydrogens (tertiary/aromatic N) is 2. The summed E-state index contributed by atoms with van der Waals surface area (Å²) in [5.41, 5.74) is 4.61. The number of carbonyl (C=O) groups excluding carboxylic acids is 1. The largest absolute Gasteiger partial charge is 0.497 e. The van der Waals surface area contributed by atoms with Gasteiger partial charge < -0.3 is 4.74 Å². The average Bonchev–Trinajstić information content (AvgIpc) is 2.83. The summed E-state index contributed by atoms with van der Waals surface area (Å²) < 4.78 is 32.9. The first-order valence-electron chi connectivity index (χ1n) is 10.4. The molecule has 172 valence electrons. The van der Waals surface area contributed by atoms with Crippen LogP contribution in [0.3, 0.4) is 0 Å². The summed E-state index contributed by atoms with van der Waals surface area (Å²) >= 11 is 0. The van der Waals surface area contributed by atoms with Crippen LogP contribution in [0.1, 0.15) is 30.9 Å². The maximum absolute atomic E-state index is 13.3. The molecule has 0 radical (unpaired) electrons. The zero-order valence-corrected chi connectivity index (χ0v) is 19.6. The third kappa shape index (κ3) is 6.20. The second kappa shape index (κ2) is 10.8. The van der Waals surface area contributed by atoms with Crippen molar-refractivity contribution >= 4 is 27.8 Å².